The molecule has 2 aliphatic rings. The lowest BCUT2D eigenvalue weighted by Gasteiger charge is -2.27. The van der Waals surface area contributed by atoms with E-state index in [9.17, 15) is 0 Å². The Balaban J connectivity index is 1.80. The summed E-state index contributed by atoms with van der Waals surface area (Å²) in [6, 6.07) is 23.4. The fourth-order valence-corrected chi connectivity index (χ4v) is 4.94. The van der Waals surface area contributed by atoms with Crippen molar-refractivity contribution < 1.29 is 13.9 Å². The summed E-state index contributed by atoms with van der Waals surface area (Å²) >= 11 is 0. The van der Waals surface area contributed by atoms with E-state index in [0.717, 1.165) is 23.1 Å². The third kappa shape index (κ3) is 2.01. The van der Waals surface area contributed by atoms with Crippen molar-refractivity contribution in [2.24, 2.45) is 0 Å². The quantitative estimate of drug-likeness (QED) is 0.490. The van der Waals surface area contributed by atoms with Gasteiger partial charge in [0.05, 0.1) is 14.2 Å². The van der Waals surface area contributed by atoms with Gasteiger partial charge in [0.25, 0.3) is 0 Å². The number of methoxy groups -OCH3 is 2. The van der Waals surface area contributed by atoms with Crippen LogP contribution in [0.4, 0.5) is 4.39 Å². The normalized spacial score (nSPS) is 27.5. The van der Waals surface area contributed by atoms with Crippen LogP contribution < -0.4 is 9.47 Å². The van der Waals surface area contributed by atoms with Gasteiger partial charge < -0.3 is 9.47 Å². The molecule has 0 aliphatic carbocycles. The van der Waals surface area contributed by atoms with E-state index in [2.05, 4.69) is 0 Å². The average molecular weight is 375 g/mol. The van der Waals surface area contributed by atoms with Crippen LogP contribution in [0.2, 0.25) is 0 Å². The van der Waals surface area contributed by atoms with Crippen LogP contribution >= 0.6 is 0 Å². The molecule has 0 bridgehead atoms. The highest BCUT2D eigenvalue weighted by atomic mass is 19.2. The molecule has 2 heterocycles. The summed E-state index contributed by atoms with van der Waals surface area (Å²) in [5, 5.41) is 0. The summed E-state index contributed by atoms with van der Waals surface area (Å²) < 4.78 is 27.9. The maximum absolute atomic E-state index is 16.9. The summed E-state index contributed by atoms with van der Waals surface area (Å²) in [5.74, 6) is -0.288. The standard InChI is InChI=1S/C24H22FNO2/c1-27-21-15-17-13-14-26-23(18-9-5-3-6-10-18,20(17)16-22(21)28-2)24(26,25)19-11-7-4-8-12-19/h3-12,15-16H,13-14H2,1-2H3. The van der Waals surface area contributed by atoms with Crippen LogP contribution in [-0.4, -0.2) is 25.7 Å². The number of hydrogen-bond donors (Lipinski definition) is 0. The molecule has 0 amide bonds. The number of halogens is 1. The lowest BCUT2D eigenvalue weighted by Crippen LogP contribution is -2.27. The average Bonchev–Trinajstić information content (AvgIpc) is 3.35. The van der Waals surface area contributed by atoms with Gasteiger partial charge >= 0.3 is 0 Å². The Labute approximate surface area is 164 Å². The Kier molecular flexibility index (Phi) is 3.75. The predicted molar refractivity (Wildman–Crippen MR) is 106 cm³/mol. The van der Waals surface area contributed by atoms with Crippen LogP contribution in [0.15, 0.2) is 72.8 Å². The van der Waals surface area contributed by atoms with Crippen molar-refractivity contribution in [2.45, 2.75) is 17.8 Å². The Bertz CT molecular complexity index is 1020. The fraction of sp³-hybridized carbons (Fsp3) is 0.250. The third-order valence-electron chi connectivity index (χ3n) is 6.16. The molecule has 1 fully saturated rings. The predicted octanol–water partition coefficient (Wildman–Crippen LogP) is 4.64. The van der Waals surface area contributed by atoms with Gasteiger partial charge in [-0.25, -0.2) is 9.29 Å². The first-order valence-corrected chi connectivity index (χ1v) is 9.51. The van der Waals surface area contributed by atoms with Crippen LogP contribution in [0, 0.1) is 0 Å². The molecule has 0 spiro atoms. The minimum absolute atomic E-state index is 0.626. The molecule has 4 heteroatoms. The van der Waals surface area contributed by atoms with E-state index in [0.29, 0.717) is 23.6 Å². The zero-order valence-electron chi connectivity index (χ0n) is 16.0. The highest BCUT2D eigenvalue weighted by molar-refractivity contribution is 5.62. The van der Waals surface area contributed by atoms with Gasteiger partial charge in [-0.15, -0.1) is 0 Å². The Morgan fingerprint density at radius 1 is 0.821 bits per heavy atom. The van der Waals surface area contributed by atoms with Gasteiger partial charge in [0.1, 0.15) is 5.54 Å². The number of ether oxygens (including phenoxy) is 2. The van der Waals surface area contributed by atoms with E-state index in [1.165, 1.54) is 0 Å². The van der Waals surface area contributed by atoms with Crippen LogP contribution in [-0.2, 0) is 17.8 Å². The molecular formula is C24H22FNO2. The molecule has 3 atom stereocenters. The molecule has 28 heavy (non-hydrogen) atoms. The molecule has 0 saturated carbocycles. The number of alkyl halides is 1. The Morgan fingerprint density at radius 3 is 2.00 bits per heavy atom. The van der Waals surface area contributed by atoms with Crippen molar-refractivity contribution in [2.75, 3.05) is 20.8 Å². The Morgan fingerprint density at radius 2 is 1.39 bits per heavy atom. The summed E-state index contributed by atoms with van der Waals surface area (Å²) in [5.41, 5.74) is 2.83. The zero-order valence-corrected chi connectivity index (χ0v) is 16.0. The smallest absolute Gasteiger partial charge is 0.217 e. The van der Waals surface area contributed by atoms with Gasteiger partial charge in [-0.05, 0) is 35.2 Å². The third-order valence-corrected chi connectivity index (χ3v) is 6.16. The van der Waals surface area contributed by atoms with Crippen LogP contribution in [0.5, 0.6) is 11.5 Å². The van der Waals surface area contributed by atoms with E-state index in [4.69, 9.17) is 9.47 Å². The molecule has 2 aliphatic heterocycles. The molecule has 0 N–H and O–H groups in total. The second kappa shape index (κ2) is 6.08. The van der Waals surface area contributed by atoms with Gasteiger partial charge in [0.2, 0.25) is 5.79 Å². The first-order valence-electron chi connectivity index (χ1n) is 9.51. The van der Waals surface area contributed by atoms with E-state index in [1.807, 2.05) is 77.7 Å². The SMILES string of the molecule is COc1cc2c(cc1OC)C1(c3ccccc3)N(CC2)C1(F)c1ccccc1. The van der Waals surface area contributed by atoms with Crippen molar-refractivity contribution >= 4 is 0 Å². The number of hydrogen-bond acceptors (Lipinski definition) is 3. The van der Waals surface area contributed by atoms with E-state index in [1.54, 1.807) is 14.2 Å². The minimum atomic E-state index is -1.60. The first kappa shape index (κ1) is 17.3. The molecule has 0 aromatic heterocycles. The first-order chi connectivity index (χ1) is 13.7. The second-order valence-corrected chi connectivity index (χ2v) is 7.33. The van der Waals surface area contributed by atoms with Gasteiger partial charge in [-0.1, -0.05) is 60.7 Å². The topological polar surface area (TPSA) is 21.5 Å². The van der Waals surface area contributed by atoms with Crippen LogP contribution in [0.3, 0.4) is 0 Å². The summed E-state index contributed by atoms with van der Waals surface area (Å²) in [6.45, 7) is 0.642. The molecular weight excluding hydrogens is 353 g/mol. The molecule has 1 saturated heterocycles. The van der Waals surface area contributed by atoms with Gasteiger partial charge in [0.15, 0.2) is 11.5 Å². The highest BCUT2D eigenvalue weighted by Crippen LogP contribution is 2.71. The van der Waals surface area contributed by atoms with Crippen molar-refractivity contribution in [3.05, 3.63) is 95.1 Å². The summed E-state index contributed by atoms with van der Waals surface area (Å²) in [4.78, 5) is 1.97. The molecule has 142 valence electrons. The van der Waals surface area contributed by atoms with Crippen molar-refractivity contribution in [3.63, 3.8) is 0 Å². The van der Waals surface area contributed by atoms with Crippen LogP contribution in [0.25, 0.3) is 0 Å². The van der Waals surface area contributed by atoms with Gasteiger partial charge in [-0.3, -0.25) is 0 Å². The van der Waals surface area contributed by atoms with Crippen molar-refractivity contribution in [1.29, 1.82) is 0 Å². The summed E-state index contributed by atoms with van der Waals surface area (Å²) in [6.07, 6.45) is 0.767. The second-order valence-electron chi connectivity index (χ2n) is 7.33. The molecule has 0 radical (unpaired) electrons. The Hall–Kier alpha value is -2.85. The maximum Gasteiger partial charge on any atom is 0.217 e. The zero-order chi connectivity index (χ0) is 19.4. The molecule has 3 nitrogen and oxygen atoms in total. The maximum atomic E-state index is 16.9. The number of fused-ring (bicyclic) bond motifs is 3. The van der Waals surface area contributed by atoms with Crippen molar-refractivity contribution in [3.8, 4) is 11.5 Å². The lowest BCUT2D eigenvalue weighted by atomic mass is 9.80. The number of benzene rings is 3. The monoisotopic (exact) mass is 375 g/mol. The molecule has 3 unspecified atom stereocenters. The fourth-order valence-electron chi connectivity index (χ4n) is 4.94. The van der Waals surface area contributed by atoms with E-state index in [-0.39, 0.29) is 0 Å². The molecule has 3 aromatic carbocycles. The highest BCUT2D eigenvalue weighted by Gasteiger charge is 2.80. The minimum Gasteiger partial charge on any atom is -0.493 e. The number of rotatable bonds is 4. The molecule has 5 rings (SSSR count). The molecule has 3 aromatic rings. The van der Waals surface area contributed by atoms with E-state index < -0.39 is 11.3 Å². The summed E-state index contributed by atoms with van der Waals surface area (Å²) in [7, 11) is 3.25. The lowest BCUT2D eigenvalue weighted by molar-refractivity contribution is 0.213. The van der Waals surface area contributed by atoms with Crippen molar-refractivity contribution in [1.82, 2.24) is 4.90 Å². The largest absolute Gasteiger partial charge is 0.493 e. The van der Waals surface area contributed by atoms with Crippen LogP contribution in [0.1, 0.15) is 22.3 Å². The van der Waals surface area contributed by atoms with Gasteiger partial charge in [-0.2, -0.15) is 0 Å². The van der Waals surface area contributed by atoms with Gasteiger partial charge in [0, 0.05) is 12.1 Å². The number of nitrogens with zero attached hydrogens (tertiary/aromatic N) is 1. The van der Waals surface area contributed by atoms with E-state index >= 15 is 4.39 Å².